The fourth-order valence-electron chi connectivity index (χ4n) is 3.19. The van der Waals surface area contributed by atoms with E-state index < -0.39 is 0 Å². The minimum atomic E-state index is -0.160. The molecule has 4 aromatic heterocycles. The Hall–Kier alpha value is -3.74. The zero-order valence-electron chi connectivity index (χ0n) is 16.4. The second kappa shape index (κ2) is 6.41. The molecule has 29 heavy (non-hydrogen) atoms. The highest BCUT2D eigenvalue weighted by Gasteiger charge is 2.19. The Morgan fingerprint density at radius 1 is 1.00 bits per heavy atom. The Labute approximate surface area is 167 Å². The van der Waals surface area contributed by atoms with Gasteiger partial charge in [0.25, 0.3) is 0 Å². The van der Waals surface area contributed by atoms with Crippen molar-refractivity contribution in [3.63, 3.8) is 0 Å². The Kier molecular flexibility index (Phi) is 3.84. The molecule has 1 aromatic carbocycles. The van der Waals surface area contributed by atoms with E-state index in [1.807, 2.05) is 53.3 Å². The summed E-state index contributed by atoms with van der Waals surface area (Å²) in [5.41, 5.74) is 4.06. The van der Waals surface area contributed by atoms with Crippen LogP contribution in [0.25, 0.3) is 39.5 Å². The molecular weight excluding hydrogens is 364 g/mol. The number of benzene rings is 1. The maximum absolute atomic E-state index is 6.04. The molecule has 0 radical (unpaired) electrons. The van der Waals surface area contributed by atoms with Crippen molar-refractivity contribution in [1.82, 2.24) is 24.3 Å². The molecule has 0 aliphatic rings. The molecule has 5 rings (SSSR count). The van der Waals surface area contributed by atoms with E-state index in [1.54, 1.807) is 12.4 Å². The number of oxazole rings is 1. The van der Waals surface area contributed by atoms with Crippen molar-refractivity contribution in [2.45, 2.75) is 26.3 Å². The van der Waals surface area contributed by atoms with Crippen molar-refractivity contribution >= 4 is 22.7 Å². The lowest BCUT2D eigenvalue weighted by Crippen LogP contribution is -2.27. The summed E-state index contributed by atoms with van der Waals surface area (Å²) in [7, 11) is 0. The number of nitrogens with zero attached hydrogens (tertiary/aromatic N) is 5. The van der Waals surface area contributed by atoms with Gasteiger partial charge in [-0.15, -0.1) is 0 Å². The van der Waals surface area contributed by atoms with Gasteiger partial charge in [0.15, 0.2) is 5.58 Å². The van der Waals surface area contributed by atoms with Gasteiger partial charge in [-0.05, 0) is 39.0 Å². The summed E-state index contributed by atoms with van der Waals surface area (Å²) in [5, 5.41) is 3.45. The Balaban J connectivity index is 1.67. The number of imidazole rings is 1. The smallest absolute Gasteiger partial charge is 0.233 e. The normalized spacial score (nSPS) is 12.0. The van der Waals surface area contributed by atoms with Crippen LogP contribution in [-0.4, -0.2) is 29.9 Å². The number of pyridine rings is 1. The second-order valence-corrected chi connectivity index (χ2v) is 7.96. The van der Waals surface area contributed by atoms with Crippen LogP contribution in [0.1, 0.15) is 20.8 Å². The molecule has 0 atom stereocenters. The van der Waals surface area contributed by atoms with Crippen LogP contribution in [0.3, 0.4) is 0 Å². The monoisotopic (exact) mass is 384 g/mol. The molecule has 4 heterocycles. The number of hydrogen-bond acceptors (Lipinski definition) is 6. The summed E-state index contributed by atoms with van der Waals surface area (Å²) in [6.45, 7) is 6.28. The SMILES string of the molecule is CC(C)(C)Nc1ncc(-c2cnc3nccn3c2)cc1-c1nc2ccccc2o1. The number of anilines is 1. The first-order valence-corrected chi connectivity index (χ1v) is 9.39. The highest BCUT2D eigenvalue weighted by molar-refractivity contribution is 5.81. The van der Waals surface area contributed by atoms with Gasteiger partial charge in [-0.3, -0.25) is 4.40 Å². The van der Waals surface area contributed by atoms with Crippen LogP contribution in [0.15, 0.2) is 65.7 Å². The lowest BCUT2D eigenvalue weighted by molar-refractivity contribution is 0.614. The van der Waals surface area contributed by atoms with Crippen LogP contribution < -0.4 is 5.32 Å². The predicted molar refractivity (Wildman–Crippen MR) is 113 cm³/mol. The predicted octanol–water partition coefficient (Wildman–Crippen LogP) is 4.81. The molecule has 0 bridgehead atoms. The molecule has 0 fully saturated rings. The summed E-state index contributed by atoms with van der Waals surface area (Å²) in [6, 6.07) is 9.77. The van der Waals surface area contributed by atoms with Crippen LogP contribution in [-0.2, 0) is 0 Å². The molecule has 0 aliphatic carbocycles. The molecule has 7 nitrogen and oxygen atoms in total. The van der Waals surface area contributed by atoms with Gasteiger partial charge in [0.05, 0.1) is 5.56 Å². The zero-order valence-corrected chi connectivity index (χ0v) is 16.4. The van der Waals surface area contributed by atoms with E-state index in [9.17, 15) is 0 Å². The first kappa shape index (κ1) is 17.4. The molecule has 0 saturated heterocycles. The van der Waals surface area contributed by atoms with Crippen LogP contribution in [0.5, 0.6) is 0 Å². The lowest BCUT2D eigenvalue weighted by Gasteiger charge is -2.22. The maximum atomic E-state index is 6.04. The molecule has 0 amide bonds. The first-order valence-electron chi connectivity index (χ1n) is 9.39. The van der Waals surface area contributed by atoms with E-state index in [0.29, 0.717) is 11.7 Å². The average molecular weight is 384 g/mol. The molecule has 0 aliphatic heterocycles. The third-order valence-electron chi connectivity index (χ3n) is 4.48. The fraction of sp³-hybridized carbons (Fsp3) is 0.182. The molecule has 1 N–H and O–H groups in total. The molecular formula is C22H20N6O. The summed E-state index contributed by atoms with van der Waals surface area (Å²) >= 11 is 0. The quantitative estimate of drug-likeness (QED) is 0.481. The second-order valence-electron chi connectivity index (χ2n) is 7.96. The fourth-order valence-corrected chi connectivity index (χ4v) is 3.19. The van der Waals surface area contributed by atoms with Gasteiger partial charge < -0.3 is 9.73 Å². The van der Waals surface area contributed by atoms with Crippen molar-refractivity contribution in [3.8, 4) is 22.6 Å². The highest BCUT2D eigenvalue weighted by Crippen LogP contribution is 2.33. The van der Waals surface area contributed by atoms with E-state index in [0.717, 1.165) is 33.6 Å². The number of para-hydroxylation sites is 2. The first-order chi connectivity index (χ1) is 14.0. The summed E-state index contributed by atoms with van der Waals surface area (Å²) in [6.07, 6.45) is 9.21. The van der Waals surface area contributed by atoms with Crippen LogP contribution in [0, 0.1) is 0 Å². The van der Waals surface area contributed by atoms with Crippen molar-refractivity contribution < 1.29 is 4.42 Å². The molecule has 5 aromatic rings. The van der Waals surface area contributed by atoms with E-state index in [4.69, 9.17) is 9.40 Å². The number of hydrogen-bond donors (Lipinski definition) is 1. The van der Waals surface area contributed by atoms with E-state index in [-0.39, 0.29) is 5.54 Å². The van der Waals surface area contributed by atoms with Crippen LogP contribution in [0.4, 0.5) is 5.82 Å². The molecule has 0 saturated carbocycles. The van der Waals surface area contributed by atoms with E-state index in [1.165, 1.54) is 0 Å². The standard InChI is InChI=1S/C22H20N6O/c1-22(2,3)27-19-16(20-26-17-6-4-5-7-18(17)29-20)10-14(11-24-19)15-12-25-21-23-8-9-28(21)13-15/h4-13H,1-3H3,(H,24,27). The van der Waals surface area contributed by atoms with Gasteiger partial charge in [-0.1, -0.05) is 12.1 Å². The van der Waals surface area contributed by atoms with Crippen LogP contribution >= 0.6 is 0 Å². The van der Waals surface area contributed by atoms with Gasteiger partial charge in [-0.25, -0.2) is 19.9 Å². The van der Waals surface area contributed by atoms with Crippen molar-refractivity contribution in [1.29, 1.82) is 0 Å². The Morgan fingerprint density at radius 2 is 1.83 bits per heavy atom. The van der Waals surface area contributed by atoms with Gasteiger partial charge in [-0.2, -0.15) is 0 Å². The molecule has 0 unspecified atom stereocenters. The number of aromatic nitrogens is 5. The number of rotatable bonds is 3. The maximum Gasteiger partial charge on any atom is 0.233 e. The minimum absolute atomic E-state index is 0.160. The van der Waals surface area contributed by atoms with Gasteiger partial charge in [0, 0.05) is 47.7 Å². The van der Waals surface area contributed by atoms with Crippen molar-refractivity contribution in [3.05, 3.63) is 61.3 Å². The Morgan fingerprint density at radius 3 is 2.66 bits per heavy atom. The van der Waals surface area contributed by atoms with Crippen molar-refractivity contribution in [2.24, 2.45) is 0 Å². The number of nitrogens with one attached hydrogen (secondary N) is 1. The topological polar surface area (TPSA) is 81.1 Å². The highest BCUT2D eigenvalue weighted by atomic mass is 16.3. The summed E-state index contributed by atoms with van der Waals surface area (Å²) < 4.78 is 7.92. The van der Waals surface area contributed by atoms with Gasteiger partial charge in [0.1, 0.15) is 11.3 Å². The van der Waals surface area contributed by atoms with E-state index >= 15 is 0 Å². The summed E-state index contributed by atoms with van der Waals surface area (Å²) in [5.74, 6) is 1.92. The van der Waals surface area contributed by atoms with E-state index in [2.05, 4.69) is 41.0 Å². The average Bonchev–Trinajstić information content (AvgIpc) is 3.33. The zero-order chi connectivity index (χ0) is 20.0. The van der Waals surface area contributed by atoms with Gasteiger partial charge in [0.2, 0.25) is 11.7 Å². The largest absolute Gasteiger partial charge is 0.436 e. The lowest BCUT2D eigenvalue weighted by atomic mass is 10.1. The van der Waals surface area contributed by atoms with Crippen LogP contribution in [0.2, 0.25) is 0 Å². The third-order valence-corrected chi connectivity index (χ3v) is 4.48. The van der Waals surface area contributed by atoms with Gasteiger partial charge >= 0.3 is 0 Å². The number of fused-ring (bicyclic) bond motifs is 2. The molecule has 144 valence electrons. The summed E-state index contributed by atoms with van der Waals surface area (Å²) in [4.78, 5) is 18.0. The minimum Gasteiger partial charge on any atom is -0.436 e. The third kappa shape index (κ3) is 3.31. The molecule has 0 spiro atoms. The molecule has 7 heteroatoms. The Bertz CT molecular complexity index is 1300. The van der Waals surface area contributed by atoms with Crippen molar-refractivity contribution in [2.75, 3.05) is 5.32 Å².